The third-order valence-electron chi connectivity index (χ3n) is 4.35. The van der Waals surface area contributed by atoms with Crippen LogP contribution in [0.1, 0.15) is 39.7 Å². The number of methoxy groups -OCH3 is 1. The molecule has 0 saturated heterocycles. The minimum atomic E-state index is 0. The van der Waals surface area contributed by atoms with Crippen LogP contribution in [0.5, 0.6) is 5.75 Å². The van der Waals surface area contributed by atoms with Crippen molar-refractivity contribution < 1.29 is 9.47 Å². The average Bonchev–Trinajstić information content (AvgIpc) is 2.64. The molecule has 0 aliphatic carbocycles. The monoisotopic (exact) mass is 506 g/mol. The van der Waals surface area contributed by atoms with Gasteiger partial charge in [0.05, 0.1) is 6.61 Å². The Labute approximate surface area is 188 Å². The van der Waals surface area contributed by atoms with Crippen LogP contribution < -0.4 is 15.4 Å². The second-order valence-electron chi connectivity index (χ2n) is 7.12. The molecule has 6 nitrogen and oxygen atoms in total. The number of hydrogen-bond acceptors (Lipinski definition) is 4. The van der Waals surface area contributed by atoms with E-state index >= 15 is 0 Å². The molecule has 162 valence electrons. The first-order chi connectivity index (χ1) is 13.0. The molecular weight excluding hydrogens is 467 g/mol. The standard InChI is InChI=1S/C21H38N4O2.HI/c1-17(2)25(18(3)4)12-8-11-23-21(22-5)24-16-19-9-7-10-20(15-19)27-14-13-26-6;/h7,9-10,15,17-18H,8,11-14,16H2,1-6H3,(H2,22,23,24);1H. The van der Waals surface area contributed by atoms with Gasteiger partial charge in [-0.15, -0.1) is 24.0 Å². The van der Waals surface area contributed by atoms with Crippen molar-refractivity contribution in [1.29, 1.82) is 0 Å². The predicted octanol–water partition coefficient (Wildman–Crippen LogP) is 3.50. The van der Waals surface area contributed by atoms with Crippen molar-refractivity contribution in [3.63, 3.8) is 0 Å². The third-order valence-corrected chi connectivity index (χ3v) is 4.35. The molecule has 1 aromatic carbocycles. The van der Waals surface area contributed by atoms with Gasteiger partial charge in [0.25, 0.3) is 0 Å². The predicted molar refractivity (Wildman–Crippen MR) is 129 cm³/mol. The summed E-state index contributed by atoms with van der Waals surface area (Å²) in [7, 11) is 3.47. The quantitative estimate of drug-likeness (QED) is 0.197. The lowest BCUT2D eigenvalue weighted by molar-refractivity contribution is 0.146. The third kappa shape index (κ3) is 11.1. The summed E-state index contributed by atoms with van der Waals surface area (Å²) >= 11 is 0. The van der Waals surface area contributed by atoms with Crippen LogP contribution >= 0.6 is 24.0 Å². The van der Waals surface area contributed by atoms with Crippen LogP contribution in [0.2, 0.25) is 0 Å². The molecule has 0 aromatic heterocycles. The van der Waals surface area contributed by atoms with Gasteiger partial charge in [0.1, 0.15) is 12.4 Å². The van der Waals surface area contributed by atoms with Crippen LogP contribution in [0.25, 0.3) is 0 Å². The Balaban J connectivity index is 0.00000729. The highest BCUT2D eigenvalue weighted by Crippen LogP contribution is 2.13. The largest absolute Gasteiger partial charge is 0.491 e. The number of hydrogen-bond donors (Lipinski definition) is 2. The fraction of sp³-hybridized carbons (Fsp3) is 0.667. The fourth-order valence-electron chi connectivity index (χ4n) is 2.98. The molecule has 0 heterocycles. The highest BCUT2D eigenvalue weighted by molar-refractivity contribution is 14.0. The minimum Gasteiger partial charge on any atom is -0.491 e. The Bertz CT molecular complexity index is 545. The summed E-state index contributed by atoms with van der Waals surface area (Å²) in [5.74, 6) is 1.68. The Morgan fingerprint density at radius 2 is 1.82 bits per heavy atom. The molecular formula is C21H39IN4O2. The van der Waals surface area contributed by atoms with Gasteiger partial charge in [0.2, 0.25) is 0 Å². The molecule has 0 saturated carbocycles. The first-order valence-corrected chi connectivity index (χ1v) is 9.88. The lowest BCUT2D eigenvalue weighted by Gasteiger charge is -2.30. The van der Waals surface area contributed by atoms with E-state index in [-0.39, 0.29) is 24.0 Å². The van der Waals surface area contributed by atoms with Crippen LogP contribution in [0, 0.1) is 0 Å². The van der Waals surface area contributed by atoms with Gasteiger partial charge in [-0.25, -0.2) is 0 Å². The summed E-state index contributed by atoms with van der Waals surface area (Å²) in [5, 5.41) is 6.75. The van der Waals surface area contributed by atoms with E-state index in [0.29, 0.717) is 31.8 Å². The highest BCUT2D eigenvalue weighted by atomic mass is 127. The van der Waals surface area contributed by atoms with Crippen molar-refractivity contribution in [2.45, 2.75) is 52.7 Å². The molecule has 28 heavy (non-hydrogen) atoms. The second kappa shape index (κ2) is 15.8. The van der Waals surface area contributed by atoms with Crippen molar-refractivity contribution in [1.82, 2.24) is 15.5 Å². The summed E-state index contributed by atoms with van der Waals surface area (Å²) in [6.07, 6.45) is 1.08. The SMILES string of the molecule is CN=C(NCCCN(C(C)C)C(C)C)NCc1cccc(OCCOC)c1.I. The maximum Gasteiger partial charge on any atom is 0.191 e. The van der Waals surface area contributed by atoms with Gasteiger partial charge in [-0.05, 0) is 51.8 Å². The zero-order valence-electron chi connectivity index (χ0n) is 18.3. The smallest absolute Gasteiger partial charge is 0.191 e. The van der Waals surface area contributed by atoms with Gasteiger partial charge in [-0.3, -0.25) is 9.89 Å². The normalized spacial score (nSPS) is 11.7. The topological polar surface area (TPSA) is 58.1 Å². The Morgan fingerprint density at radius 1 is 1.11 bits per heavy atom. The number of nitrogens with one attached hydrogen (secondary N) is 2. The van der Waals surface area contributed by atoms with Crippen molar-refractivity contribution in [2.24, 2.45) is 4.99 Å². The average molecular weight is 506 g/mol. The van der Waals surface area contributed by atoms with Crippen molar-refractivity contribution in [2.75, 3.05) is 40.5 Å². The number of benzene rings is 1. The second-order valence-corrected chi connectivity index (χ2v) is 7.12. The molecule has 0 fully saturated rings. The Kier molecular flexibility index (Phi) is 15.2. The molecule has 0 amide bonds. The molecule has 1 aromatic rings. The summed E-state index contributed by atoms with van der Waals surface area (Å²) in [6, 6.07) is 9.22. The van der Waals surface area contributed by atoms with Gasteiger partial charge in [0, 0.05) is 45.9 Å². The summed E-state index contributed by atoms with van der Waals surface area (Å²) < 4.78 is 10.7. The lowest BCUT2D eigenvalue weighted by Crippen LogP contribution is -2.41. The summed E-state index contributed by atoms with van der Waals surface area (Å²) in [4.78, 5) is 6.81. The first kappa shape index (κ1) is 26.9. The highest BCUT2D eigenvalue weighted by Gasteiger charge is 2.12. The summed E-state index contributed by atoms with van der Waals surface area (Å²) in [6.45, 7) is 12.8. The maximum absolute atomic E-state index is 5.66. The number of guanidine groups is 1. The van der Waals surface area contributed by atoms with E-state index in [1.165, 1.54) is 0 Å². The van der Waals surface area contributed by atoms with E-state index in [1.807, 2.05) is 18.2 Å². The molecule has 0 unspecified atom stereocenters. The van der Waals surface area contributed by atoms with Gasteiger partial charge in [-0.1, -0.05) is 12.1 Å². The van der Waals surface area contributed by atoms with Gasteiger partial charge >= 0.3 is 0 Å². The van der Waals surface area contributed by atoms with E-state index < -0.39 is 0 Å². The number of halogens is 1. The molecule has 0 aliphatic rings. The number of aliphatic imine (C=N–C) groups is 1. The summed E-state index contributed by atoms with van der Waals surface area (Å²) in [5.41, 5.74) is 1.15. The molecule has 2 N–H and O–H groups in total. The van der Waals surface area contributed by atoms with Crippen LogP contribution in [-0.2, 0) is 11.3 Å². The van der Waals surface area contributed by atoms with Crippen LogP contribution in [0.15, 0.2) is 29.3 Å². The number of nitrogens with zero attached hydrogens (tertiary/aromatic N) is 2. The molecule has 0 bridgehead atoms. The zero-order valence-corrected chi connectivity index (χ0v) is 20.7. The fourth-order valence-corrected chi connectivity index (χ4v) is 2.98. The minimum absolute atomic E-state index is 0. The molecule has 0 atom stereocenters. The van der Waals surface area contributed by atoms with Crippen molar-refractivity contribution in [3.8, 4) is 5.75 Å². The van der Waals surface area contributed by atoms with Crippen LogP contribution in [-0.4, -0.2) is 63.4 Å². The molecule has 1 rings (SSSR count). The first-order valence-electron chi connectivity index (χ1n) is 9.88. The Morgan fingerprint density at radius 3 is 2.43 bits per heavy atom. The molecule has 0 aliphatic heterocycles. The molecule has 0 spiro atoms. The van der Waals surface area contributed by atoms with E-state index in [2.05, 4.69) is 54.3 Å². The van der Waals surface area contributed by atoms with Crippen LogP contribution in [0.3, 0.4) is 0 Å². The van der Waals surface area contributed by atoms with E-state index in [4.69, 9.17) is 9.47 Å². The van der Waals surface area contributed by atoms with Crippen molar-refractivity contribution in [3.05, 3.63) is 29.8 Å². The maximum atomic E-state index is 5.66. The number of ether oxygens (including phenoxy) is 2. The molecule has 7 heteroatoms. The van der Waals surface area contributed by atoms with Crippen LogP contribution in [0.4, 0.5) is 0 Å². The van der Waals surface area contributed by atoms with E-state index in [0.717, 1.165) is 36.8 Å². The van der Waals surface area contributed by atoms with E-state index in [9.17, 15) is 0 Å². The van der Waals surface area contributed by atoms with Gasteiger partial charge < -0.3 is 20.1 Å². The molecule has 0 radical (unpaired) electrons. The van der Waals surface area contributed by atoms with Gasteiger partial charge in [0.15, 0.2) is 5.96 Å². The lowest BCUT2D eigenvalue weighted by atomic mass is 10.2. The Hall–Kier alpha value is -1.06. The van der Waals surface area contributed by atoms with E-state index in [1.54, 1.807) is 14.2 Å². The van der Waals surface area contributed by atoms with Gasteiger partial charge in [-0.2, -0.15) is 0 Å². The zero-order chi connectivity index (χ0) is 20.1. The number of rotatable bonds is 12. The van der Waals surface area contributed by atoms with Crippen molar-refractivity contribution >= 4 is 29.9 Å².